The number of amides is 1. The number of rotatable bonds is 16. The molecule has 2 N–H and O–H groups in total. The van der Waals surface area contributed by atoms with Crippen molar-refractivity contribution < 1.29 is 27.8 Å². The molecule has 1 atom stereocenters. The number of carbonyl (C=O) groups excluding carboxylic acids is 1. The second-order valence-corrected chi connectivity index (χ2v) is 13.1. The number of aromatic nitrogens is 1. The highest BCUT2D eigenvalue weighted by molar-refractivity contribution is 7.90. The molecule has 0 unspecified atom stereocenters. The average molecular weight is 654 g/mol. The first-order valence-electron chi connectivity index (χ1n) is 15.6. The maximum atomic E-state index is 12.5. The summed E-state index contributed by atoms with van der Waals surface area (Å²) in [6.07, 6.45) is 2.12. The van der Waals surface area contributed by atoms with E-state index in [1.54, 1.807) is 37.4 Å². The predicted molar refractivity (Wildman–Crippen MR) is 183 cm³/mol. The van der Waals surface area contributed by atoms with Gasteiger partial charge in [0.25, 0.3) is 5.91 Å². The highest BCUT2D eigenvalue weighted by atomic mass is 32.2. The fourth-order valence-corrected chi connectivity index (χ4v) is 6.19. The summed E-state index contributed by atoms with van der Waals surface area (Å²) in [5.41, 5.74) is 3.00. The Labute approximate surface area is 275 Å². The van der Waals surface area contributed by atoms with Crippen LogP contribution in [0.2, 0.25) is 0 Å². The topological polar surface area (TPSA) is 118 Å². The smallest absolute Gasteiger partial charge is 0.264 e. The molecule has 4 aromatic carbocycles. The van der Waals surface area contributed by atoms with Crippen LogP contribution >= 0.6 is 0 Å². The van der Waals surface area contributed by atoms with Crippen molar-refractivity contribution in [2.45, 2.75) is 32.4 Å². The van der Waals surface area contributed by atoms with E-state index in [1.807, 2.05) is 72.8 Å². The van der Waals surface area contributed by atoms with E-state index in [9.17, 15) is 18.3 Å². The molecule has 5 rings (SSSR count). The zero-order valence-electron chi connectivity index (χ0n) is 26.3. The zero-order valence-corrected chi connectivity index (χ0v) is 27.1. The lowest BCUT2D eigenvalue weighted by Crippen LogP contribution is -2.36. The van der Waals surface area contributed by atoms with Gasteiger partial charge in [-0.05, 0) is 72.5 Å². The van der Waals surface area contributed by atoms with Gasteiger partial charge in [-0.25, -0.2) is 13.1 Å². The van der Waals surface area contributed by atoms with E-state index >= 15 is 0 Å². The summed E-state index contributed by atoms with van der Waals surface area (Å²) in [6, 6.07) is 34.1. The average Bonchev–Trinajstić information content (AvgIpc) is 3.07. The first-order valence-corrected chi connectivity index (χ1v) is 17.3. The first kappa shape index (κ1) is 33.6. The van der Waals surface area contributed by atoms with Crippen LogP contribution in [0.4, 0.5) is 0 Å². The van der Waals surface area contributed by atoms with Crippen LogP contribution in [0.15, 0.2) is 115 Å². The minimum atomic E-state index is -3.69. The number of para-hydroxylation sites is 1. The number of hydrogen-bond acceptors (Lipinski definition) is 8. The quantitative estimate of drug-likeness (QED) is 0.134. The molecule has 1 amide bonds. The first-order chi connectivity index (χ1) is 22.8. The fraction of sp³-hybridized carbons (Fsp3) is 0.243. The molecule has 5 aromatic rings. The van der Waals surface area contributed by atoms with Crippen molar-refractivity contribution in [2.75, 3.05) is 25.4 Å². The third kappa shape index (κ3) is 10.1. The molecule has 0 spiro atoms. The van der Waals surface area contributed by atoms with E-state index in [-0.39, 0.29) is 17.9 Å². The second kappa shape index (κ2) is 16.2. The van der Waals surface area contributed by atoms with Gasteiger partial charge in [-0.15, -0.1) is 0 Å². The molecule has 0 aliphatic heterocycles. The molecule has 0 saturated heterocycles. The highest BCUT2D eigenvalue weighted by Crippen LogP contribution is 2.29. The Bertz CT molecular complexity index is 1850. The van der Waals surface area contributed by atoms with Crippen LogP contribution in [0.1, 0.15) is 34.8 Å². The third-order valence-electron chi connectivity index (χ3n) is 7.46. The SMILES string of the molecule is CCCS(=O)(=O)NC(=O)c1ccc2c(Oc3ccc(CCN(Cc4ccccc4)C[C@H](O)COc4ccccc4)cc3)ccnc2c1. The van der Waals surface area contributed by atoms with Crippen molar-refractivity contribution in [3.8, 4) is 17.2 Å². The number of aliphatic hydroxyl groups excluding tert-OH is 1. The van der Waals surface area contributed by atoms with Gasteiger partial charge in [-0.1, -0.05) is 67.6 Å². The summed E-state index contributed by atoms with van der Waals surface area (Å²) in [7, 11) is -3.69. The van der Waals surface area contributed by atoms with Crippen LogP contribution in [-0.4, -0.2) is 60.9 Å². The van der Waals surface area contributed by atoms with Gasteiger partial charge in [0.2, 0.25) is 10.0 Å². The number of sulfonamides is 1. The number of aliphatic hydroxyl groups is 1. The number of nitrogens with one attached hydrogen (secondary N) is 1. The maximum Gasteiger partial charge on any atom is 0.264 e. The second-order valence-electron chi connectivity index (χ2n) is 11.3. The molecule has 0 fully saturated rings. The van der Waals surface area contributed by atoms with Gasteiger partial charge in [-0.3, -0.25) is 14.7 Å². The van der Waals surface area contributed by atoms with Gasteiger partial charge in [0.05, 0.1) is 11.3 Å². The minimum Gasteiger partial charge on any atom is -0.491 e. The van der Waals surface area contributed by atoms with Gasteiger partial charge in [0, 0.05) is 36.8 Å². The maximum absolute atomic E-state index is 12.5. The number of benzene rings is 4. The normalized spacial score (nSPS) is 12.1. The lowest BCUT2D eigenvalue weighted by Gasteiger charge is -2.25. The van der Waals surface area contributed by atoms with Gasteiger partial charge in [0.1, 0.15) is 30.0 Å². The van der Waals surface area contributed by atoms with E-state index < -0.39 is 22.0 Å². The van der Waals surface area contributed by atoms with Gasteiger partial charge in [-0.2, -0.15) is 0 Å². The van der Waals surface area contributed by atoms with Crippen LogP contribution in [0.3, 0.4) is 0 Å². The van der Waals surface area contributed by atoms with E-state index in [1.165, 1.54) is 5.56 Å². The molecule has 0 aliphatic carbocycles. The van der Waals surface area contributed by atoms with E-state index in [4.69, 9.17) is 9.47 Å². The van der Waals surface area contributed by atoms with Crippen LogP contribution in [0.5, 0.6) is 17.2 Å². The summed E-state index contributed by atoms with van der Waals surface area (Å²) >= 11 is 0. The standard InChI is InChI=1S/C37H39N3O6S/c1-2-23-47(43,44)39-37(42)30-15-18-34-35(24-30)38-21-19-36(34)46-33-16-13-28(14-17-33)20-22-40(25-29-9-5-3-6-10-29)26-31(41)27-45-32-11-7-4-8-12-32/h3-19,21,24,31,41H,2,20,22-23,25-27H2,1H3,(H,39,42)/t31-/m0/s1. The molecule has 0 bridgehead atoms. The van der Waals surface area contributed by atoms with Crippen molar-refractivity contribution in [3.05, 3.63) is 132 Å². The minimum absolute atomic E-state index is 0.124. The number of ether oxygens (including phenoxy) is 2. The summed E-state index contributed by atoms with van der Waals surface area (Å²) in [4.78, 5) is 19.1. The summed E-state index contributed by atoms with van der Waals surface area (Å²) < 4.78 is 38.1. The number of carbonyl (C=O) groups is 1. The highest BCUT2D eigenvalue weighted by Gasteiger charge is 2.17. The van der Waals surface area contributed by atoms with Gasteiger partial charge < -0.3 is 14.6 Å². The summed E-state index contributed by atoms with van der Waals surface area (Å²) in [6.45, 7) is 3.85. The van der Waals surface area contributed by atoms with Crippen molar-refractivity contribution in [1.29, 1.82) is 0 Å². The largest absolute Gasteiger partial charge is 0.491 e. The Morgan fingerprint density at radius 2 is 1.62 bits per heavy atom. The predicted octanol–water partition coefficient (Wildman–Crippen LogP) is 5.98. The summed E-state index contributed by atoms with van der Waals surface area (Å²) in [5, 5.41) is 11.5. The van der Waals surface area contributed by atoms with Crippen LogP contribution in [0.25, 0.3) is 10.9 Å². The number of nitrogens with zero attached hydrogens (tertiary/aromatic N) is 2. The monoisotopic (exact) mass is 653 g/mol. The van der Waals surface area contributed by atoms with E-state index in [0.717, 1.165) is 24.3 Å². The Balaban J connectivity index is 1.20. The van der Waals surface area contributed by atoms with Crippen molar-refractivity contribution in [2.24, 2.45) is 0 Å². The molecular formula is C37H39N3O6S. The molecular weight excluding hydrogens is 614 g/mol. The molecule has 0 saturated carbocycles. The molecule has 10 heteroatoms. The third-order valence-corrected chi connectivity index (χ3v) is 8.90. The number of hydrogen-bond donors (Lipinski definition) is 2. The molecule has 9 nitrogen and oxygen atoms in total. The van der Waals surface area contributed by atoms with Crippen LogP contribution in [-0.2, 0) is 23.0 Å². The van der Waals surface area contributed by atoms with Crippen LogP contribution in [0, 0.1) is 0 Å². The lowest BCUT2D eigenvalue weighted by molar-refractivity contribution is 0.0659. The molecule has 47 heavy (non-hydrogen) atoms. The molecule has 0 aliphatic rings. The summed E-state index contributed by atoms with van der Waals surface area (Å²) in [5.74, 6) is 1.12. The van der Waals surface area contributed by atoms with Crippen molar-refractivity contribution in [3.63, 3.8) is 0 Å². The van der Waals surface area contributed by atoms with E-state index in [0.29, 0.717) is 41.9 Å². The van der Waals surface area contributed by atoms with E-state index in [2.05, 4.69) is 26.7 Å². The molecule has 0 radical (unpaired) electrons. The Morgan fingerprint density at radius 3 is 2.34 bits per heavy atom. The van der Waals surface area contributed by atoms with Crippen LogP contribution < -0.4 is 14.2 Å². The van der Waals surface area contributed by atoms with Crippen molar-refractivity contribution in [1.82, 2.24) is 14.6 Å². The van der Waals surface area contributed by atoms with Gasteiger partial charge >= 0.3 is 0 Å². The van der Waals surface area contributed by atoms with Gasteiger partial charge in [0.15, 0.2) is 0 Å². The molecule has 1 heterocycles. The Morgan fingerprint density at radius 1 is 0.894 bits per heavy atom. The molecule has 244 valence electrons. The number of pyridine rings is 1. The zero-order chi connectivity index (χ0) is 33.1. The lowest BCUT2D eigenvalue weighted by atomic mass is 10.1. The Hall–Kier alpha value is -4.77. The molecule has 1 aromatic heterocycles. The fourth-order valence-electron chi connectivity index (χ4n) is 5.15. The Kier molecular flexibility index (Phi) is 11.6. The number of fused-ring (bicyclic) bond motifs is 1. The van der Waals surface area contributed by atoms with Crippen molar-refractivity contribution >= 4 is 26.8 Å².